The minimum atomic E-state index is -0.981. The Labute approximate surface area is 171 Å². The van der Waals surface area contributed by atoms with Crippen LogP contribution in [0.5, 0.6) is 0 Å². The van der Waals surface area contributed by atoms with Crippen LogP contribution in [-0.4, -0.2) is 42.9 Å². The van der Waals surface area contributed by atoms with Gasteiger partial charge in [0.2, 0.25) is 0 Å². The van der Waals surface area contributed by atoms with Gasteiger partial charge in [0, 0.05) is 35.6 Å². The van der Waals surface area contributed by atoms with Crippen LogP contribution in [0.25, 0.3) is 0 Å². The van der Waals surface area contributed by atoms with E-state index in [-0.39, 0.29) is 5.92 Å². The van der Waals surface area contributed by atoms with Gasteiger partial charge in [-0.05, 0) is 41.8 Å². The number of morpholine rings is 1. The summed E-state index contributed by atoms with van der Waals surface area (Å²) in [6, 6.07) is 15.5. The average molecular weight is 408 g/mol. The van der Waals surface area contributed by atoms with E-state index in [0.717, 1.165) is 50.4 Å². The minimum Gasteiger partial charge on any atom is -0.384 e. The highest BCUT2D eigenvalue weighted by Gasteiger charge is 2.39. The number of nitrogens with zero attached hydrogens (tertiary/aromatic N) is 1. The molecule has 2 atom stereocenters. The van der Waals surface area contributed by atoms with Crippen LogP contribution in [0.2, 0.25) is 10.0 Å². The van der Waals surface area contributed by atoms with E-state index in [1.54, 1.807) is 0 Å². The first kappa shape index (κ1) is 20.6. The van der Waals surface area contributed by atoms with E-state index >= 15 is 0 Å². The molecule has 2 aromatic carbocycles. The van der Waals surface area contributed by atoms with Gasteiger partial charge in [0.1, 0.15) is 0 Å². The number of halogens is 2. The van der Waals surface area contributed by atoms with Crippen molar-refractivity contribution < 1.29 is 9.84 Å². The Kier molecular flexibility index (Phi) is 7.18. The average Bonchev–Trinajstić information content (AvgIpc) is 2.68. The number of aliphatic hydroxyl groups is 1. The molecular formula is C22H27Cl2NO2. The van der Waals surface area contributed by atoms with Crippen molar-refractivity contribution in [2.45, 2.75) is 31.3 Å². The van der Waals surface area contributed by atoms with Crippen molar-refractivity contribution in [2.75, 3.05) is 32.8 Å². The summed E-state index contributed by atoms with van der Waals surface area (Å²) in [6.07, 6.45) is 1.55. The fourth-order valence-corrected chi connectivity index (χ4v) is 4.16. The SMILES string of the molecule is CCC[C@](O)(c1ccc(Cl)cc1)[C@H](CN1CCOCC1)c1ccc(Cl)cc1. The Hall–Kier alpha value is -1.10. The van der Waals surface area contributed by atoms with E-state index in [0.29, 0.717) is 16.5 Å². The maximum absolute atomic E-state index is 12.0. The molecule has 2 aromatic rings. The molecule has 0 unspecified atom stereocenters. The topological polar surface area (TPSA) is 32.7 Å². The van der Waals surface area contributed by atoms with Crippen LogP contribution in [0.1, 0.15) is 36.8 Å². The van der Waals surface area contributed by atoms with Crippen molar-refractivity contribution in [3.63, 3.8) is 0 Å². The monoisotopic (exact) mass is 407 g/mol. The second-order valence-electron chi connectivity index (χ2n) is 7.20. The summed E-state index contributed by atoms with van der Waals surface area (Å²) in [7, 11) is 0. The quantitative estimate of drug-likeness (QED) is 0.692. The molecule has 1 aliphatic rings. The lowest BCUT2D eigenvalue weighted by atomic mass is 9.74. The fourth-order valence-electron chi connectivity index (χ4n) is 3.91. The van der Waals surface area contributed by atoms with Crippen LogP contribution in [0.15, 0.2) is 48.5 Å². The summed E-state index contributed by atoms with van der Waals surface area (Å²) in [5.74, 6) is -0.0750. The molecule has 0 saturated carbocycles. The Bertz CT molecular complexity index is 714. The predicted molar refractivity (Wildman–Crippen MR) is 112 cm³/mol. The van der Waals surface area contributed by atoms with Gasteiger partial charge in [-0.1, -0.05) is 60.8 Å². The number of hydrogen-bond donors (Lipinski definition) is 1. The van der Waals surface area contributed by atoms with Gasteiger partial charge in [0.15, 0.2) is 0 Å². The predicted octanol–water partition coefficient (Wildman–Crippen LogP) is 5.10. The Morgan fingerprint density at radius 1 is 1.00 bits per heavy atom. The summed E-state index contributed by atoms with van der Waals surface area (Å²) in [5, 5.41) is 13.3. The van der Waals surface area contributed by atoms with Gasteiger partial charge in [0.25, 0.3) is 0 Å². The maximum atomic E-state index is 12.0. The molecule has 5 heteroatoms. The largest absolute Gasteiger partial charge is 0.384 e. The van der Waals surface area contributed by atoms with Crippen molar-refractivity contribution in [2.24, 2.45) is 0 Å². The lowest BCUT2D eigenvalue weighted by Gasteiger charge is -2.41. The highest BCUT2D eigenvalue weighted by Crippen LogP contribution is 2.42. The van der Waals surface area contributed by atoms with Gasteiger partial charge in [-0.25, -0.2) is 0 Å². The Morgan fingerprint density at radius 2 is 1.56 bits per heavy atom. The van der Waals surface area contributed by atoms with Crippen molar-refractivity contribution in [3.8, 4) is 0 Å². The number of benzene rings is 2. The van der Waals surface area contributed by atoms with Crippen LogP contribution in [-0.2, 0) is 10.3 Å². The van der Waals surface area contributed by atoms with E-state index in [4.69, 9.17) is 27.9 Å². The van der Waals surface area contributed by atoms with Crippen molar-refractivity contribution >= 4 is 23.2 Å². The zero-order chi connectivity index (χ0) is 19.3. The summed E-state index contributed by atoms with van der Waals surface area (Å²) in [4.78, 5) is 2.37. The molecular weight excluding hydrogens is 381 g/mol. The molecule has 0 amide bonds. The van der Waals surface area contributed by atoms with Gasteiger partial charge in [-0.15, -0.1) is 0 Å². The van der Waals surface area contributed by atoms with E-state index < -0.39 is 5.60 Å². The normalized spacial score (nSPS) is 18.8. The second kappa shape index (κ2) is 9.40. The summed E-state index contributed by atoms with van der Waals surface area (Å²) >= 11 is 12.2. The molecule has 1 fully saturated rings. The van der Waals surface area contributed by atoms with Crippen LogP contribution in [0, 0.1) is 0 Å². The van der Waals surface area contributed by atoms with E-state index in [9.17, 15) is 5.11 Å². The molecule has 1 aliphatic heterocycles. The fraction of sp³-hybridized carbons (Fsp3) is 0.455. The molecule has 3 rings (SSSR count). The van der Waals surface area contributed by atoms with E-state index in [1.807, 2.05) is 48.5 Å². The summed E-state index contributed by atoms with van der Waals surface area (Å²) < 4.78 is 5.50. The number of ether oxygens (including phenoxy) is 1. The van der Waals surface area contributed by atoms with Crippen LogP contribution in [0.3, 0.4) is 0 Å². The molecule has 0 aromatic heterocycles. The van der Waals surface area contributed by atoms with Crippen LogP contribution < -0.4 is 0 Å². The highest BCUT2D eigenvalue weighted by molar-refractivity contribution is 6.30. The molecule has 1 saturated heterocycles. The molecule has 3 nitrogen and oxygen atoms in total. The van der Waals surface area contributed by atoms with Crippen molar-refractivity contribution in [3.05, 3.63) is 69.7 Å². The number of rotatable bonds is 7. The molecule has 27 heavy (non-hydrogen) atoms. The molecule has 146 valence electrons. The first-order valence-corrected chi connectivity index (χ1v) is 10.3. The van der Waals surface area contributed by atoms with Crippen LogP contribution in [0.4, 0.5) is 0 Å². The third-order valence-corrected chi connectivity index (χ3v) is 5.87. The van der Waals surface area contributed by atoms with E-state index in [2.05, 4.69) is 11.8 Å². The van der Waals surface area contributed by atoms with Crippen molar-refractivity contribution in [1.82, 2.24) is 4.90 Å². The lowest BCUT2D eigenvalue weighted by Crippen LogP contribution is -2.45. The summed E-state index contributed by atoms with van der Waals surface area (Å²) in [5.41, 5.74) is 1.02. The Morgan fingerprint density at radius 3 is 2.11 bits per heavy atom. The number of hydrogen-bond acceptors (Lipinski definition) is 3. The lowest BCUT2D eigenvalue weighted by molar-refractivity contribution is -0.0285. The van der Waals surface area contributed by atoms with Crippen LogP contribution >= 0.6 is 23.2 Å². The first-order valence-electron chi connectivity index (χ1n) is 9.57. The summed E-state index contributed by atoms with van der Waals surface area (Å²) in [6.45, 7) is 6.11. The molecule has 1 N–H and O–H groups in total. The van der Waals surface area contributed by atoms with Crippen molar-refractivity contribution in [1.29, 1.82) is 0 Å². The maximum Gasteiger partial charge on any atom is 0.0976 e. The minimum absolute atomic E-state index is 0.0750. The van der Waals surface area contributed by atoms with Gasteiger partial charge < -0.3 is 9.84 Å². The molecule has 0 aliphatic carbocycles. The second-order valence-corrected chi connectivity index (χ2v) is 8.07. The third-order valence-electron chi connectivity index (χ3n) is 5.37. The van der Waals surface area contributed by atoms with Gasteiger partial charge in [-0.2, -0.15) is 0 Å². The molecule has 0 radical (unpaired) electrons. The zero-order valence-electron chi connectivity index (χ0n) is 15.7. The first-order chi connectivity index (χ1) is 13.0. The molecule has 0 spiro atoms. The Balaban J connectivity index is 2.00. The zero-order valence-corrected chi connectivity index (χ0v) is 17.2. The van der Waals surface area contributed by atoms with E-state index in [1.165, 1.54) is 0 Å². The molecule has 1 heterocycles. The standard InChI is InChI=1S/C22H27Cl2NO2/c1-2-11-22(26,18-5-9-20(24)10-6-18)21(16-25-12-14-27-15-13-25)17-3-7-19(23)8-4-17/h3-10,21,26H,2,11-16H2,1H3/t21-,22+/m1/s1. The van der Waals surface area contributed by atoms with Gasteiger partial charge in [-0.3, -0.25) is 4.90 Å². The smallest absolute Gasteiger partial charge is 0.0976 e. The highest BCUT2D eigenvalue weighted by atomic mass is 35.5. The van der Waals surface area contributed by atoms with Gasteiger partial charge in [0.05, 0.1) is 18.8 Å². The third kappa shape index (κ3) is 5.04. The molecule has 0 bridgehead atoms. The van der Waals surface area contributed by atoms with Gasteiger partial charge >= 0.3 is 0 Å².